The molecule has 0 bridgehead atoms. The topological polar surface area (TPSA) is 67.4 Å². The lowest BCUT2D eigenvalue weighted by Gasteiger charge is -2.20. The predicted molar refractivity (Wildman–Crippen MR) is 75.0 cm³/mol. The number of hydrogen-bond donors (Lipinski definition) is 2. The van der Waals surface area contributed by atoms with Gasteiger partial charge < -0.3 is 15.4 Å². The maximum absolute atomic E-state index is 12.2. The summed E-state index contributed by atoms with van der Waals surface area (Å²) in [7, 11) is 1.35. The van der Waals surface area contributed by atoms with Gasteiger partial charge in [-0.15, -0.1) is 0 Å². The molecule has 1 aliphatic heterocycles. The molecule has 1 fully saturated rings. The standard InChI is InChI=1S/C15H20N2O3/c1-20-14(18)10-13(11-6-3-2-4-7-11)17-15(19)12-8-5-9-16-12/h2-4,6-7,12-13,16H,5,8-10H2,1H3,(H,17,19)/t12-,13+/m0/s1. The Kier molecular flexibility index (Phi) is 5.12. The summed E-state index contributed by atoms with van der Waals surface area (Å²) in [5.74, 6) is -0.390. The van der Waals surface area contributed by atoms with E-state index in [4.69, 9.17) is 4.74 Å². The molecule has 1 aliphatic rings. The first-order valence-corrected chi connectivity index (χ1v) is 6.86. The fourth-order valence-corrected chi connectivity index (χ4v) is 2.37. The van der Waals surface area contributed by atoms with Gasteiger partial charge in [0.1, 0.15) is 0 Å². The third-order valence-corrected chi connectivity index (χ3v) is 3.49. The average molecular weight is 276 g/mol. The molecule has 0 saturated carbocycles. The molecule has 0 radical (unpaired) electrons. The minimum absolute atomic E-state index is 0.0553. The molecule has 5 heteroatoms. The van der Waals surface area contributed by atoms with Crippen LogP contribution in [0.5, 0.6) is 0 Å². The second-order valence-corrected chi connectivity index (χ2v) is 4.90. The van der Waals surface area contributed by atoms with Gasteiger partial charge in [-0.05, 0) is 24.9 Å². The minimum Gasteiger partial charge on any atom is -0.469 e. The Balaban J connectivity index is 2.06. The minimum atomic E-state index is -0.349. The molecule has 0 spiro atoms. The Hall–Kier alpha value is -1.88. The van der Waals surface area contributed by atoms with E-state index in [0.717, 1.165) is 24.9 Å². The molecule has 0 aliphatic carbocycles. The fourth-order valence-electron chi connectivity index (χ4n) is 2.37. The quantitative estimate of drug-likeness (QED) is 0.792. The zero-order valence-corrected chi connectivity index (χ0v) is 11.6. The van der Waals surface area contributed by atoms with E-state index in [2.05, 4.69) is 10.6 Å². The number of carbonyl (C=O) groups excluding carboxylic acids is 2. The predicted octanol–water partition coefficient (Wildman–Crippen LogP) is 1.16. The van der Waals surface area contributed by atoms with E-state index in [0.29, 0.717) is 0 Å². The van der Waals surface area contributed by atoms with Crippen molar-refractivity contribution in [2.75, 3.05) is 13.7 Å². The van der Waals surface area contributed by atoms with Crippen molar-refractivity contribution in [2.45, 2.75) is 31.3 Å². The van der Waals surface area contributed by atoms with Crippen molar-refractivity contribution in [3.8, 4) is 0 Å². The highest BCUT2D eigenvalue weighted by molar-refractivity contribution is 5.83. The van der Waals surface area contributed by atoms with Crippen molar-refractivity contribution in [1.82, 2.24) is 10.6 Å². The van der Waals surface area contributed by atoms with Crippen molar-refractivity contribution in [2.24, 2.45) is 0 Å². The monoisotopic (exact) mass is 276 g/mol. The summed E-state index contributed by atoms with van der Waals surface area (Å²) in [6.45, 7) is 0.866. The van der Waals surface area contributed by atoms with Crippen LogP contribution in [0.1, 0.15) is 30.9 Å². The third kappa shape index (κ3) is 3.81. The molecule has 2 N–H and O–H groups in total. The third-order valence-electron chi connectivity index (χ3n) is 3.49. The van der Waals surface area contributed by atoms with E-state index in [1.165, 1.54) is 7.11 Å². The van der Waals surface area contributed by atoms with Gasteiger partial charge in [-0.2, -0.15) is 0 Å². The van der Waals surface area contributed by atoms with Crippen LogP contribution in [0.3, 0.4) is 0 Å². The van der Waals surface area contributed by atoms with Crippen LogP contribution < -0.4 is 10.6 Å². The Bertz CT molecular complexity index is 455. The van der Waals surface area contributed by atoms with Crippen molar-refractivity contribution >= 4 is 11.9 Å². The first kappa shape index (κ1) is 14.5. The molecule has 1 aromatic rings. The molecule has 1 aromatic carbocycles. The van der Waals surface area contributed by atoms with Gasteiger partial charge >= 0.3 is 5.97 Å². The van der Waals surface area contributed by atoms with Crippen LogP contribution in [0.15, 0.2) is 30.3 Å². The lowest BCUT2D eigenvalue weighted by molar-refractivity contribution is -0.141. The molecule has 2 rings (SSSR count). The molecule has 1 amide bonds. The maximum atomic E-state index is 12.2. The molecule has 2 atom stereocenters. The van der Waals surface area contributed by atoms with Gasteiger partial charge in [0, 0.05) is 0 Å². The van der Waals surface area contributed by atoms with Crippen LogP contribution in [-0.2, 0) is 14.3 Å². The second-order valence-electron chi connectivity index (χ2n) is 4.90. The molecule has 108 valence electrons. The Morgan fingerprint density at radius 2 is 2.15 bits per heavy atom. The number of hydrogen-bond acceptors (Lipinski definition) is 4. The summed E-state index contributed by atoms with van der Waals surface area (Å²) in [6, 6.07) is 8.97. The smallest absolute Gasteiger partial charge is 0.307 e. The van der Waals surface area contributed by atoms with E-state index in [1.807, 2.05) is 30.3 Å². The summed E-state index contributed by atoms with van der Waals surface area (Å²) in [5, 5.41) is 6.09. The van der Waals surface area contributed by atoms with Gasteiger partial charge in [0.15, 0.2) is 0 Å². The second kappa shape index (κ2) is 7.05. The number of rotatable bonds is 5. The van der Waals surface area contributed by atoms with Gasteiger partial charge in [0.2, 0.25) is 5.91 Å². The fraction of sp³-hybridized carbons (Fsp3) is 0.467. The molecule has 5 nitrogen and oxygen atoms in total. The summed E-state index contributed by atoms with van der Waals surface area (Å²) < 4.78 is 4.70. The Morgan fingerprint density at radius 1 is 1.40 bits per heavy atom. The lowest BCUT2D eigenvalue weighted by atomic mass is 10.0. The average Bonchev–Trinajstić information content (AvgIpc) is 3.01. The van der Waals surface area contributed by atoms with E-state index >= 15 is 0 Å². The van der Waals surface area contributed by atoms with E-state index < -0.39 is 0 Å². The van der Waals surface area contributed by atoms with Gasteiger partial charge in [0.05, 0.1) is 25.6 Å². The summed E-state index contributed by atoms with van der Waals surface area (Å²) in [5.41, 5.74) is 0.907. The zero-order chi connectivity index (χ0) is 14.4. The number of carbonyl (C=O) groups is 2. The number of methoxy groups -OCH3 is 1. The normalized spacial score (nSPS) is 19.4. The molecular formula is C15H20N2O3. The zero-order valence-electron chi connectivity index (χ0n) is 11.6. The number of nitrogens with one attached hydrogen (secondary N) is 2. The van der Waals surface area contributed by atoms with Crippen molar-refractivity contribution in [3.63, 3.8) is 0 Å². The van der Waals surface area contributed by atoms with Crippen LogP contribution in [-0.4, -0.2) is 31.6 Å². The molecule has 0 aromatic heterocycles. The van der Waals surface area contributed by atoms with Crippen LogP contribution >= 0.6 is 0 Å². The number of benzene rings is 1. The number of ether oxygens (including phenoxy) is 1. The van der Waals surface area contributed by atoms with Gasteiger partial charge in [0.25, 0.3) is 0 Å². The van der Waals surface area contributed by atoms with Crippen molar-refractivity contribution in [1.29, 1.82) is 0 Å². The van der Waals surface area contributed by atoms with Crippen LogP contribution in [0.4, 0.5) is 0 Å². The Labute approximate surface area is 118 Å². The SMILES string of the molecule is COC(=O)C[C@@H](NC(=O)[C@@H]1CCCN1)c1ccccc1. The van der Waals surface area contributed by atoms with Gasteiger partial charge in [-0.1, -0.05) is 30.3 Å². The lowest BCUT2D eigenvalue weighted by Crippen LogP contribution is -2.42. The molecule has 0 unspecified atom stereocenters. The first-order valence-electron chi connectivity index (χ1n) is 6.86. The number of amides is 1. The highest BCUT2D eigenvalue weighted by atomic mass is 16.5. The van der Waals surface area contributed by atoms with Gasteiger partial charge in [-0.25, -0.2) is 0 Å². The first-order chi connectivity index (χ1) is 9.70. The van der Waals surface area contributed by atoms with E-state index in [-0.39, 0.29) is 30.4 Å². The molecule has 1 heterocycles. The molecule has 20 heavy (non-hydrogen) atoms. The van der Waals surface area contributed by atoms with E-state index in [9.17, 15) is 9.59 Å². The largest absolute Gasteiger partial charge is 0.469 e. The number of esters is 1. The maximum Gasteiger partial charge on any atom is 0.307 e. The Morgan fingerprint density at radius 3 is 2.75 bits per heavy atom. The van der Waals surface area contributed by atoms with Crippen molar-refractivity contribution in [3.05, 3.63) is 35.9 Å². The summed E-state index contributed by atoms with van der Waals surface area (Å²) in [4.78, 5) is 23.7. The van der Waals surface area contributed by atoms with E-state index in [1.54, 1.807) is 0 Å². The van der Waals surface area contributed by atoms with Crippen LogP contribution in [0.25, 0.3) is 0 Å². The molecular weight excluding hydrogens is 256 g/mol. The molecule has 1 saturated heterocycles. The van der Waals surface area contributed by atoms with Crippen LogP contribution in [0.2, 0.25) is 0 Å². The highest BCUT2D eigenvalue weighted by Gasteiger charge is 2.26. The van der Waals surface area contributed by atoms with Crippen molar-refractivity contribution < 1.29 is 14.3 Å². The van der Waals surface area contributed by atoms with Gasteiger partial charge in [-0.3, -0.25) is 9.59 Å². The summed E-state index contributed by atoms with van der Waals surface area (Å²) in [6.07, 6.45) is 1.98. The highest BCUT2D eigenvalue weighted by Crippen LogP contribution is 2.18. The summed E-state index contributed by atoms with van der Waals surface area (Å²) >= 11 is 0. The van der Waals surface area contributed by atoms with Crippen LogP contribution in [0, 0.1) is 0 Å².